The maximum atomic E-state index is 12.0. The number of likely N-dealkylation sites (tertiary alicyclic amines) is 1. The van der Waals surface area contributed by atoms with Crippen molar-refractivity contribution in [2.24, 2.45) is 7.05 Å². The van der Waals surface area contributed by atoms with Crippen molar-refractivity contribution in [1.82, 2.24) is 14.7 Å². The molecule has 1 aliphatic rings. The van der Waals surface area contributed by atoms with E-state index in [1.807, 2.05) is 0 Å². The Labute approximate surface area is 93.6 Å². The van der Waals surface area contributed by atoms with Gasteiger partial charge in [0.2, 0.25) is 0 Å². The molecule has 1 aromatic heterocycles. The number of aryl methyl sites for hydroxylation is 1. The molecular weight excluding hydrogens is 208 g/mol. The van der Waals surface area contributed by atoms with Crippen LogP contribution >= 0.6 is 0 Å². The van der Waals surface area contributed by atoms with E-state index in [1.54, 1.807) is 18.1 Å². The summed E-state index contributed by atoms with van der Waals surface area (Å²) in [5.74, 6) is -0.197. The Balaban J connectivity index is 2.15. The Bertz CT molecular complexity index is 402. The Morgan fingerprint density at radius 2 is 2.44 bits per heavy atom. The summed E-state index contributed by atoms with van der Waals surface area (Å²) in [5, 5.41) is 13.5. The first-order valence-electron chi connectivity index (χ1n) is 5.34. The molecule has 0 aromatic carbocycles. The molecule has 1 aromatic rings. The predicted octanol–water partition coefficient (Wildman–Crippen LogP) is -0.401. The van der Waals surface area contributed by atoms with Gasteiger partial charge in [-0.2, -0.15) is 5.10 Å². The van der Waals surface area contributed by atoms with Crippen LogP contribution in [-0.4, -0.2) is 44.9 Å². The number of carbonyl (C=O) groups is 1. The van der Waals surface area contributed by atoms with Gasteiger partial charge >= 0.3 is 0 Å². The number of nitrogens with two attached hydrogens (primary N) is 1. The molecule has 1 aliphatic heterocycles. The van der Waals surface area contributed by atoms with E-state index in [0.29, 0.717) is 18.8 Å². The van der Waals surface area contributed by atoms with Crippen molar-refractivity contribution in [2.45, 2.75) is 18.9 Å². The minimum absolute atomic E-state index is 0.197. The molecule has 1 saturated heterocycles. The third kappa shape index (κ3) is 2.01. The number of hydrogen-bond donors (Lipinski definition) is 2. The fraction of sp³-hybridized carbons (Fsp3) is 0.600. The first-order chi connectivity index (χ1) is 7.58. The Kier molecular flexibility index (Phi) is 2.82. The molecule has 0 bridgehead atoms. The third-order valence-corrected chi connectivity index (χ3v) is 2.74. The lowest BCUT2D eigenvalue weighted by atomic mass is 10.1. The zero-order chi connectivity index (χ0) is 11.7. The standard InChI is InChI=1S/C10H16N4O2/c1-13-6-8(11)9(12-13)10(16)14-4-2-3-7(15)5-14/h6-7,15H,2-5,11H2,1H3/t7-/m0/s1. The molecule has 6 heteroatoms. The van der Waals surface area contributed by atoms with Gasteiger partial charge in [-0.15, -0.1) is 0 Å². The number of amides is 1. The van der Waals surface area contributed by atoms with Crippen LogP contribution in [0.5, 0.6) is 0 Å². The highest BCUT2D eigenvalue weighted by Gasteiger charge is 2.26. The minimum atomic E-state index is -0.428. The second kappa shape index (κ2) is 4.13. The van der Waals surface area contributed by atoms with E-state index in [0.717, 1.165) is 12.8 Å². The summed E-state index contributed by atoms with van der Waals surface area (Å²) in [6, 6.07) is 0. The molecule has 2 rings (SSSR count). The van der Waals surface area contributed by atoms with E-state index in [-0.39, 0.29) is 11.6 Å². The number of β-amino-alcohol motifs (C(OH)–C–C–N with tert-alkyl or cyclic N) is 1. The summed E-state index contributed by atoms with van der Waals surface area (Å²) < 4.78 is 1.52. The number of carbonyl (C=O) groups excluding carboxylic acids is 1. The molecule has 1 atom stereocenters. The van der Waals surface area contributed by atoms with E-state index in [1.165, 1.54) is 4.68 Å². The van der Waals surface area contributed by atoms with Crippen LogP contribution in [0, 0.1) is 0 Å². The molecule has 0 unspecified atom stereocenters. The Hall–Kier alpha value is -1.56. The smallest absolute Gasteiger partial charge is 0.276 e. The minimum Gasteiger partial charge on any atom is -0.396 e. The molecule has 1 amide bonds. The largest absolute Gasteiger partial charge is 0.396 e. The number of aliphatic hydroxyl groups excluding tert-OH is 1. The molecule has 88 valence electrons. The lowest BCUT2D eigenvalue weighted by molar-refractivity contribution is 0.0469. The van der Waals surface area contributed by atoms with Crippen LogP contribution in [0.15, 0.2) is 6.20 Å². The van der Waals surface area contributed by atoms with E-state index < -0.39 is 6.10 Å². The topological polar surface area (TPSA) is 84.4 Å². The zero-order valence-electron chi connectivity index (χ0n) is 9.26. The van der Waals surface area contributed by atoms with Gasteiger partial charge in [-0.05, 0) is 12.8 Å². The van der Waals surface area contributed by atoms with Gasteiger partial charge in [0.1, 0.15) is 0 Å². The van der Waals surface area contributed by atoms with Gasteiger partial charge in [-0.1, -0.05) is 0 Å². The van der Waals surface area contributed by atoms with Crippen LogP contribution in [0.4, 0.5) is 5.69 Å². The number of anilines is 1. The molecule has 6 nitrogen and oxygen atoms in total. The molecule has 2 heterocycles. The number of nitrogen functional groups attached to an aromatic ring is 1. The summed E-state index contributed by atoms with van der Waals surface area (Å²) in [6.07, 6.45) is 2.75. The van der Waals surface area contributed by atoms with E-state index in [2.05, 4.69) is 5.10 Å². The molecule has 0 spiro atoms. The first-order valence-corrected chi connectivity index (χ1v) is 5.34. The van der Waals surface area contributed by atoms with E-state index in [9.17, 15) is 9.90 Å². The molecule has 0 aliphatic carbocycles. The molecular formula is C10H16N4O2. The fourth-order valence-corrected chi connectivity index (χ4v) is 1.96. The van der Waals surface area contributed by atoms with Gasteiger partial charge in [-0.3, -0.25) is 9.48 Å². The van der Waals surface area contributed by atoms with Crippen LogP contribution in [0.1, 0.15) is 23.3 Å². The predicted molar refractivity (Wildman–Crippen MR) is 58.8 cm³/mol. The van der Waals surface area contributed by atoms with Gasteiger partial charge in [-0.25, -0.2) is 0 Å². The SMILES string of the molecule is Cn1cc(N)c(C(=O)N2CCC[C@H](O)C2)n1. The zero-order valence-corrected chi connectivity index (χ0v) is 9.26. The van der Waals surface area contributed by atoms with Crippen LogP contribution in [-0.2, 0) is 7.05 Å². The molecule has 16 heavy (non-hydrogen) atoms. The molecule has 3 N–H and O–H groups in total. The van der Waals surface area contributed by atoms with E-state index in [4.69, 9.17) is 5.73 Å². The van der Waals surface area contributed by atoms with E-state index >= 15 is 0 Å². The number of aromatic nitrogens is 2. The lowest BCUT2D eigenvalue weighted by Crippen LogP contribution is -2.42. The number of hydrogen-bond acceptors (Lipinski definition) is 4. The number of nitrogens with zero attached hydrogens (tertiary/aromatic N) is 3. The van der Waals surface area contributed by atoms with Gasteiger partial charge in [0, 0.05) is 26.3 Å². The van der Waals surface area contributed by atoms with Crippen molar-refractivity contribution >= 4 is 11.6 Å². The number of piperidine rings is 1. The average Bonchev–Trinajstić information content (AvgIpc) is 2.57. The quantitative estimate of drug-likeness (QED) is 0.679. The fourth-order valence-electron chi connectivity index (χ4n) is 1.96. The molecule has 0 saturated carbocycles. The highest BCUT2D eigenvalue weighted by atomic mass is 16.3. The monoisotopic (exact) mass is 224 g/mol. The van der Waals surface area contributed by atoms with Gasteiger partial charge in [0.15, 0.2) is 5.69 Å². The van der Waals surface area contributed by atoms with Crippen molar-refractivity contribution < 1.29 is 9.90 Å². The van der Waals surface area contributed by atoms with Crippen LogP contribution in [0.3, 0.4) is 0 Å². The van der Waals surface area contributed by atoms with Crippen molar-refractivity contribution in [3.63, 3.8) is 0 Å². The normalized spacial score (nSPS) is 21.1. The maximum Gasteiger partial charge on any atom is 0.276 e. The maximum absolute atomic E-state index is 12.0. The highest BCUT2D eigenvalue weighted by molar-refractivity contribution is 5.97. The average molecular weight is 224 g/mol. The number of rotatable bonds is 1. The van der Waals surface area contributed by atoms with Gasteiger partial charge < -0.3 is 15.7 Å². The van der Waals surface area contributed by atoms with Crippen LogP contribution in [0.25, 0.3) is 0 Å². The summed E-state index contributed by atoms with van der Waals surface area (Å²) in [4.78, 5) is 13.6. The Morgan fingerprint density at radius 3 is 3.00 bits per heavy atom. The number of aliphatic hydroxyl groups is 1. The second-order valence-corrected chi connectivity index (χ2v) is 4.15. The summed E-state index contributed by atoms with van der Waals surface area (Å²) in [5.41, 5.74) is 6.35. The van der Waals surface area contributed by atoms with Crippen LogP contribution < -0.4 is 5.73 Å². The van der Waals surface area contributed by atoms with Crippen molar-refractivity contribution in [3.8, 4) is 0 Å². The second-order valence-electron chi connectivity index (χ2n) is 4.15. The highest BCUT2D eigenvalue weighted by Crippen LogP contribution is 2.16. The van der Waals surface area contributed by atoms with Crippen molar-refractivity contribution in [2.75, 3.05) is 18.8 Å². The Morgan fingerprint density at radius 1 is 1.69 bits per heavy atom. The van der Waals surface area contributed by atoms with Crippen molar-refractivity contribution in [3.05, 3.63) is 11.9 Å². The lowest BCUT2D eigenvalue weighted by Gasteiger charge is -2.29. The first kappa shape index (κ1) is 10.9. The molecule has 1 fully saturated rings. The summed E-state index contributed by atoms with van der Waals surface area (Å²) in [7, 11) is 1.72. The summed E-state index contributed by atoms with van der Waals surface area (Å²) >= 11 is 0. The third-order valence-electron chi connectivity index (χ3n) is 2.74. The van der Waals surface area contributed by atoms with Gasteiger partial charge in [0.25, 0.3) is 5.91 Å². The van der Waals surface area contributed by atoms with Gasteiger partial charge in [0.05, 0.1) is 11.8 Å². The molecule has 0 radical (unpaired) electrons. The summed E-state index contributed by atoms with van der Waals surface area (Å²) in [6.45, 7) is 1.03. The van der Waals surface area contributed by atoms with Crippen LogP contribution in [0.2, 0.25) is 0 Å². The van der Waals surface area contributed by atoms with Crippen molar-refractivity contribution in [1.29, 1.82) is 0 Å².